The van der Waals surface area contributed by atoms with Crippen molar-refractivity contribution in [2.24, 2.45) is 11.8 Å². The molecule has 3 aromatic rings. The van der Waals surface area contributed by atoms with Crippen LogP contribution < -0.4 is 4.90 Å². The Balaban J connectivity index is 0.00000243. The van der Waals surface area contributed by atoms with Crippen LogP contribution in [0, 0.1) is 11.8 Å². The number of benzene rings is 1. The van der Waals surface area contributed by atoms with E-state index in [2.05, 4.69) is 55.8 Å². The first-order chi connectivity index (χ1) is 12.0. The molecule has 138 valence electrons. The monoisotopic (exact) mass is 370 g/mol. The molecule has 0 N–H and O–H groups in total. The number of hydrogen-bond acceptors (Lipinski definition) is 4. The Morgan fingerprint density at radius 1 is 0.885 bits per heavy atom. The SMILES string of the molecule is CC(C)CN(CC(C)C)c1nc(-c2cccnc2)nc2ccccc12.Cl. The van der Waals surface area contributed by atoms with Crippen LogP contribution in [-0.4, -0.2) is 28.0 Å². The lowest BCUT2D eigenvalue weighted by Crippen LogP contribution is -2.32. The maximum absolute atomic E-state index is 4.95. The maximum Gasteiger partial charge on any atom is 0.163 e. The van der Waals surface area contributed by atoms with Crippen molar-refractivity contribution in [3.63, 3.8) is 0 Å². The Morgan fingerprint density at radius 3 is 2.19 bits per heavy atom. The number of aromatic nitrogens is 3. The van der Waals surface area contributed by atoms with E-state index < -0.39 is 0 Å². The summed E-state index contributed by atoms with van der Waals surface area (Å²) in [7, 11) is 0. The fourth-order valence-corrected chi connectivity index (χ4v) is 3.05. The van der Waals surface area contributed by atoms with Gasteiger partial charge in [-0.1, -0.05) is 39.8 Å². The summed E-state index contributed by atoms with van der Waals surface area (Å²) in [5.41, 5.74) is 1.92. The third-order valence-electron chi connectivity index (χ3n) is 3.97. The van der Waals surface area contributed by atoms with Gasteiger partial charge in [-0.25, -0.2) is 9.97 Å². The van der Waals surface area contributed by atoms with E-state index in [0.717, 1.165) is 41.2 Å². The maximum atomic E-state index is 4.95. The molecular formula is C21H27ClN4. The van der Waals surface area contributed by atoms with Crippen molar-refractivity contribution in [2.45, 2.75) is 27.7 Å². The first-order valence-electron chi connectivity index (χ1n) is 8.96. The summed E-state index contributed by atoms with van der Waals surface area (Å²) in [5.74, 6) is 2.88. The molecule has 4 nitrogen and oxygen atoms in total. The molecule has 0 atom stereocenters. The van der Waals surface area contributed by atoms with E-state index in [9.17, 15) is 0 Å². The Bertz CT molecular complexity index is 824. The van der Waals surface area contributed by atoms with Crippen molar-refractivity contribution >= 4 is 29.1 Å². The minimum Gasteiger partial charge on any atom is -0.355 e. The second kappa shape index (κ2) is 8.95. The van der Waals surface area contributed by atoms with E-state index in [1.54, 1.807) is 6.20 Å². The molecule has 0 unspecified atom stereocenters. The smallest absolute Gasteiger partial charge is 0.163 e. The van der Waals surface area contributed by atoms with Crippen molar-refractivity contribution in [1.29, 1.82) is 0 Å². The van der Waals surface area contributed by atoms with Crippen molar-refractivity contribution in [3.05, 3.63) is 48.8 Å². The molecule has 0 aliphatic rings. The zero-order valence-electron chi connectivity index (χ0n) is 15.9. The van der Waals surface area contributed by atoms with Crippen LogP contribution >= 0.6 is 12.4 Å². The highest BCUT2D eigenvalue weighted by molar-refractivity contribution is 5.91. The van der Waals surface area contributed by atoms with E-state index in [4.69, 9.17) is 9.97 Å². The van der Waals surface area contributed by atoms with Crippen LogP contribution in [0.25, 0.3) is 22.3 Å². The van der Waals surface area contributed by atoms with Crippen LogP contribution in [0.4, 0.5) is 5.82 Å². The molecule has 26 heavy (non-hydrogen) atoms. The lowest BCUT2D eigenvalue weighted by atomic mass is 10.1. The Hall–Kier alpha value is -2.20. The van der Waals surface area contributed by atoms with Gasteiger partial charge in [-0.15, -0.1) is 12.4 Å². The second-order valence-corrected chi connectivity index (χ2v) is 7.32. The van der Waals surface area contributed by atoms with Crippen molar-refractivity contribution < 1.29 is 0 Å². The van der Waals surface area contributed by atoms with Crippen molar-refractivity contribution in [3.8, 4) is 11.4 Å². The fourth-order valence-electron chi connectivity index (χ4n) is 3.05. The Morgan fingerprint density at radius 2 is 1.58 bits per heavy atom. The molecule has 1 aromatic carbocycles. The van der Waals surface area contributed by atoms with Gasteiger partial charge < -0.3 is 4.90 Å². The normalized spacial score (nSPS) is 11.0. The molecule has 5 heteroatoms. The van der Waals surface area contributed by atoms with Crippen LogP contribution in [0.1, 0.15) is 27.7 Å². The van der Waals surface area contributed by atoms with Crippen LogP contribution in [-0.2, 0) is 0 Å². The highest BCUT2D eigenvalue weighted by atomic mass is 35.5. The van der Waals surface area contributed by atoms with E-state index in [1.165, 1.54) is 0 Å². The quantitative estimate of drug-likeness (QED) is 0.595. The summed E-state index contributed by atoms with van der Waals surface area (Å²) >= 11 is 0. The molecule has 2 heterocycles. The minimum atomic E-state index is 0. The van der Waals surface area contributed by atoms with Gasteiger partial charge in [0.1, 0.15) is 5.82 Å². The number of para-hydroxylation sites is 1. The van der Waals surface area contributed by atoms with E-state index >= 15 is 0 Å². The number of anilines is 1. The number of nitrogens with zero attached hydrogens (tertiary/aromatic N) is 4. The van der Waals surface area contributed by atoms with Gasteiger partial charge in [0.05, 0.1) is 5.52 Å². The summed E-state index contributed by atoms with van der Waals surface area (Å²) in [4.78, 5) is 16.3. The molecule has 2 aromatic heterocycles. The summed E-state index contributed by atoms with van der Waals surface area (Å²) < 4.78 is 0. The molecule has 0 aliphatic carbocycles. The summed E-state index contributed by atoms with van der Waals surface area (Å²) in [6.45, 7) is 11.0. The predicted octanol–water partition coefficient (Wildman–Crippen LogP) is 5.23. The average molecular weight is 371 g/mol. The third kappa shape index (κ3) is 4.70. The molecule has 0 saturated heterocycles. The van der Waals surface area contributed by atoms with Gasteiger partial charge in [0.25, 0.3) is 0 Å². The molecule has 0 bridgehead atoms. The van der Waals surface area contributed by atoms with Crippen LogP contribution in [0.15, 0.2) is 48.8 Å². The molecule has 3 rings (SSSR count). The minimum absolute atomic E-state index is 0. The number of rotatable bonds is 6. The first-order valence-corrected chi connectivity index (χ1v) is 8.96. The van der Waals surface area contributed by atoms with Gasteiger partial charge in [0.15, 0.2) is 5.82 Å². The van der Waals surface area contributed by atoms with Gasteiger partial charge in [-0.05, 0) is 36.1 Å². The number of fused-ring (bicyclic) bond motifs is 1. The lowest BCUT2D eigenvalue weighted by Gasteiger charge is -2.28. The Kier molecular flexibility index (Phi) is 6.92. The van der Waals surface area contributed by atoms with Crippen molar-refractivity contribution in [2.75, 3.05) is 18.0 Å². The van der Waals surface area contributed by atoms with Crippen molar-refractivity contribution in [1.82, 2.24) is 15.0 Å². The van der Waals surface area contributed by atoms with E-state index in [-0.39, 0.29) is 12.4 Å². The highest BCUT2D eigenvalue weighted by Crippen LogP contribution is 2.28. The van der Waals surface area contributed by atoms with Crippen LogP contribution in [0.5, 0.6) is 0 Å². The van der Waals surface area contributed by atoms with Crippen LogP contribution in [0.2, 0.25) is 0 Å². The molecule has 0 saturated carbocycles. The topological polar surface area (TPSA) is 41.9 Å². The second-order valence-electron chi connectivity index (χ2n) is 7.32. The highest BCUT2D eigenvalue weighted by Gasteiger charge is 2.17. The zero-order chi connectivity index (χ0) is 17.8. The molecule has 0 spiro atoms. The standard InChI is InChI=1S/C21H26N4.ClH/c1-15(2)13-25(14-16(3)4)21-18-9-5-6-10-19(18)23-20(24-21)17-8-7-11-22-12-17;/h5-12,15-16H,13-14H2,1-4H3;1H. The predicted molar refractivity (Wildman–Crippen MR) is 112 cm³/mol. The lowest BCUT2D eigenvalue weighted by molar-refractivity contribution is 0.550. The van der Waals surface area contributed by atoms with Gasteiger partial charge in [0.2, 0.25) is 0 Å². The Labute approximate surface area is 162 Å². The average Bonchev–Trinajstić information content (AvgIpc) is 2.60. The van der Waals surface area contributed by atoms with Gasteiger partial charge >= 0.3 is 0 Å². The molecule has 0 radical (unpaired) electrons. The summed E-state index contributed by atoms with van der Waals surface area (Å²) in [6, 6.07) is 12.2. The first kappa shape index (κ1) is 20.1. The largest absolute Gasteiger partial charge is 0.355 e. The number of hydrogen-bond donors (Lipinski definition) is 0. The van der Waals surface area contributed by atoms with E-state index in [1.807, 2.05) is 24.4 Å². The fraction of sp³-hybridized carbons (Fsp3) is 0.381. The summed E-state index contributed by atoms with van der Waals surface area (Å²) in [6.07, 6.45) is 3.60. The molecule has 0 aliphatic heterocycles. The van der Waals surface area contributed by atoms with Crippen LogP contribution in [0.3, 0.4) is 0 Å². The number of halogens is 1. The van der Waals surface area contributed by atoms with E-state index in [0.29, 0.717) is 11.8 Å². The zero-order valence-corrected chi connectivity index (χ0v) is 16.7. The van der Waals surface area contributed by atoms with Gasteiger partial charge in [-0.2, -0.15) is 0 Å². The van der Waals surface area contributed by atoms with Gasteiger partial charge in [-0.3, -0.25) is 4.98 Å². The third-order valence-corrected chi connectivity index (χ3v) is 3.97. The summed E-state index contributed by atoms with van der Waals surface area (Å²) in [5, 5.41) is 1.11. The molecule has 0 fully saturated rings. The van der Waals surface area contributed by atoms with Gasteiger partial charge in [0, 0.05) is 36.4 Å². The molecule has 0 amide bonds. The number of pyridine rings is 1. The molecular weight excluding hydrogens is 344 g/mol.